The summed E-state index contributed by atoms with van der Waals surface area (Å²) >= 11 is 0. The van der Waals surface area contributed by atoms with E-state index in [1.54, 1.807) is 9.80 Å². The van der Waals surface area contributed by atoms with Gasteiger partial charge in [-0.05, 0) is 48.6 Å². The summed E-state index contributed by atoms with van der Waals surface area (Å²) in [5.41, 5.74) is 2.62. The zero-order valence-corrected chi connectivity index (χ0v) is 21.0. The monoisotopic (exact) mass is 502 g/mol. The summed E-state index contributed by atoms with van der Waals surface area (Å²) in [6, 6.07) is 10.5. The molecule has 0 bridgehead atoms. The fourth-order valence-electron chi connectivity index (χ4n) is 4.41. The number of aliphatic hydroxyl groups is 1. The molecule has 2 aromatic carbocycles. The number of carbonyl (C=O) groups excluding carboxylic acids is 2. The Labute approximate surface area is 211 Å². The molecule has 3 rings (SSSR count). The molecule has 9 heteroatoms. The molecule has 196 valence electrons. The normalized spacial score (nSPS) is 16.1. The van der Waals surface area contributed by atoms with Crippen molar-refractivity contribution in [1.82, 2.24) is 20.4 Å². The first-order chi connectivity index (χ1) is 17.3. The SMILES string of the molecule is CCc1cccc(CNC[C@H](O)[C@H](Cc2cc(F)cc(F)c2)NC(=O)CN2CCN(CC)C(=O)C2)c1. The first kappa shape index (κ1) is 27.7. The molecule has 1 aliphatic heterocycles. The van der Waals surface area contributed by atoms with Gasteiger partial charge in [-0.15, -0.1) is 0 Å². The third-order valence-corrected chi connectivity index (χ3v) is 6.42. The fraction of sp³-hybridized carbons (Fsp3) is 0.481. The van der Waals surface area contributed by atoms with E-state index in [0.29, 0.717) is 31.7 Å². The van der Waals surface area contributed by atoms with Gasteiger partial charge in [-0.2, -0.15) is 0 Å². The lowest BCUT2D eigenvalue weighted by molar-refractivity contribution is -0.137. The number of hydrogen-bond acceptors (Lipinski definition) is 5. The number of amides is 2. The van der Waals surface area contributed by atoms with Gasteiger partial charge >= 0.3 is 0 Å². The predicted molar refractivity (Wildman–Crippen MR) is 134 cm³/mol. The minimum absolute atomic E-state index is 0.00125. The standard InChI is InChI=1S/C27H36F2N4O3/c1-3-19-6-5-7-20(10-19)15-30-16-25(34)24(13-21-11-22(28)14-23(29)12-21)31-26(35)17-32-8-9-33(4-2)27(36)18-32/h5-7,10-12,14,24-25,30,34H,3-4,8-9,13,15-18H2,1-2H3,(H,31,35)/t24-,25-/m0/s1. The molecule has 36 heavy (non-hydrogen) atoms. The van der Waals surface area contributed by atoms with Crippen LogP contribution in [0, 0.1) is 11.6 Å². The molecule has 1 heterocycles. The summed E-state index contributed by atoms with van der Waals surface area (Å²) in [7, 11) is 0. The van der Waals surface area contributed by atoms with Gasteiger partial charge in [0.1, 0.15) is 11.6 Å². The second-order valence-corrected chi connectivity index (χ2v) is 9.21. The number of halogens is 2. The number of benzene rings is 2. The number of likely N-dealkylation sites (N-methyl/N-ethyl adjacent to an activating group) is 1. The summed E-state index contributed by atoms with van der Waals surface area (Å²) in [6.45, 7) is 6.62. The maximum atomic E-state index is 13.8. The number of nitrogens with zero attached hydrogens (tertiary/aromatic N) is 2. The van der Waals surface area contributed by atoms with Gasteiger partial charge in [0.2, 0.25) is 11.8 Å². The molecule has 1 saturated heterocycles. The van der Waals surface area contributed by atoms with Crippen LogP contribution in [0.2, 0.25) is 0 Å². The number of carbonyl (C=O) groups is 2. The molecule has 0 radical (unpaired) electrons. The van der Waals surface area contributed by atoms with E-state index < -0.39 is 23.8 Å². The summed E-state index contributed by atoms with van der Waals surface area (Å²) in [5.74, 6) is -1.82. The second kappa shape index (κ2) is 13.4. The highest BCUT2D eigenvalue weighted by Gasteiger charge is 2.27. The molecule has 0 aromatic heterocycles. The third-order valence-electron chi connectivity index (χ3n) is 6.42. The Morgan fingerprint density at radius 1 is 1.06 bits per heavy atom. The van der Waals surface area contributed by atoms with E-state index in [1.807, 2.05) is 19.1 Å². The number of aliphatic hydroxyl groups excluding tert-OH is 1. The van der Waals surface area contributed by atoms with Crippen LogP contribution in [0.5, 0.6) is 0 Å². The largest absolute Gasteiger partial charge is 0.390 e. The van der Waals surface area contributed by atoms with Crippen molar-refractivity contribution < 1.29 is 23.5 Å². The Morgan fingerprint density at radius 3 is 2.44 bits per heavy atom. The fourth-order valence-corrected chi connectivity index (χ4v) is 4.41. The lowest BCUT2D eigenvalue weighted by Gasteiger charge is -2.33. The molecule has 0 unspecified atom stereocenters. The maximum absolute atomic E-state index is 13.8. The molecule has 0 aliphatic carbocycles. The number of rotatable bonds is 12. The van der Waals surface area contributed by atoms with Gasteiger partial charge in [0.05, 0.1) is 25.2 Å². The van der Waals surface area contributed by atoms with E-state index in [0.717, 1.165) is 18.1 Å². The molecule has 1 fully saturated rings. The number of aryl methyl sites for hydroxylation is 1. The second-order valence-electron chi connectivity index (χ2n) is 9.21. The van der Waals surface area contributed by atoms with Crippen molar-refractivity contribution in [3.63, 3.8) is 0 Å². The molecule has 0 saturated carbocycles. The van der Waals surface area contributed by atoms with Crippen molar-refractivity contribution in [2.75, 3.05) is 39.3 Å². The summed E-state index contributed by atoms with van der Waals surface area (Å²) in [4.78, 5) is 28.5. The molecule has 1 aliphatic rings. The number of piperazine rings is 1. The Morgan fingerprint density at radius 2 is 1.78 bits per heavy atom. The van der Waals surface area contributed by atoms with E-state index in [9.17, 15) is 23.5 Å². The Hall–Kier alpha value is -2.88. The van der Waals surface area contributed by atoms with Gasteiger partial charge in [-0.25, -0.2) is 8.78 Å². The predicted octanol–water partition coefficient (Wildman–Crippen LogP) is 1.87. The summed E-state index contributed by atoms with van der Waals surface area (Å²) < 4.78 is 27.5. The van der Waals surface area contributed by atoms with Crippen LogP contribution in [-0.4, -0.2) is 78.1 Å². The molecule has 0 spiro atoms. The highest BCUT2D eigenvalue weighted by Crippen LogP contribution is 2.13. The first-order valence-electron chi connectivity index (χ1n) is 12.5. The number of hydrogen-bond donors (Lipinski definition) is 3. The third kappa shape index (κ3) is 8.36. The molecule has 2 atom stereocenters. The minimum atomic E-state index is -1.01. The van der Waals surface area contributed by atoms with Crippen molar-refractivity contribution in [2.45, 2.75) is 45.4 Å². The molecule has 2 aromatic rings. The van der Waals surface area contributed by atoms with Crippen LogP contribution in [-0.2, 0) is 29.0 Å². The smallest absolute Gasteiger partial charge is 0.236 e. The average Bonchev–Trinajstić information content (AvgIpc) is 2.83. The van der Waals surface area contributed by atoms with Crippen LogP contribution >= 0.6 is 0 Å². The Balaban J connectivity index is 1.62. The zero-order chi connectivity index (χ0) is 26.1. The molecule has 2 amide bonds. The molecule has 7 nitrogen and oxygen atoms in total. The molecule has 3 N–H and O–H groups in total. The highest BCUT2D eigenvalue weighted by molar-refractivity contribution is 5.82. The van der Waals surface area contributed by atoms with E-state index in [-0.39, 0.29) is 37.9 Å². The van der Waals surface area contributed by atoms with Crippen molar-refractivity contribution in [1.29, 1.82) is 0 Å². The Kier molecular flexibility index (Phi) is 10.3. The van der Waals surface area contributed by atoms with Crippen molar-refractivity contribution in [3.05, 3.63) is 70.8 Å². The molecular weight excluding hydrogens is 466 g/mol. The Bertz CT molecular complexity index is 1020. The van der Waals surface area contributed by atoms with Crippen LogP contribution in [0.4, 0.5) is 8.78 Å². The topological polar surface area (TPSA) is 84.9 Å². The van der Waals surface area contributed by atoms with Crippen LogP contribution in [0.25, 0.3) is 0 Å². The van der Waals surface area contributed by atoms with Crippen LogP contribution in [0.1, 0.15) is 30.5 Å². The van der Waals surface area contributed by atoms with E-state index in [2.05, 4.69) is 29.7 Å². The van der Waals surface area contributed by atoms with Crippen LogP contribution < -0.4 is 10.6 Å². The zero-order valence-electron chi connectivity index (χ0n) is 21.0. The number of nitrogens with one attached hydrogen (secondary N) is 2. The summed E-state index contributed by atoms with van der Waals surface area (Å²) in [5, 5.41) is 16.9. The minimum Gasteiger partial charge on any atom is -0.390 e. The van der Waals surface area contributed by atoms with Crippen molar-refractivity contribution in [2.24, 2.45) is 0 Å². The van der Waals surface area contributed by atoms with E-state index in [1.165, 1.54) is 17.7 Å². The van der Waals surface area contributed by atoms with Crippen LogP contribution in [0.15, 0.2) is 42.5 Å². The maximum Gasteiger partial charge on any atom is 0.236 e. The average molecular weight is 503 g/mol. The van der Waals surface area contributed by atoms with Crippen molar-refractivity contribution >= 4 is 11.8 Å². The van der Waals surface area contributed by atoms with Gasteiger partial charge in [-0.3, -0.25) is 14.5 Å². The first-order valence-corrected chi connectivity index (χ1v) is 12.5. The van der Waals surface area contributed by atoms with Crippen molar-refractivity contribution in [3.8, 4) is 0 Å². The van der Waals surface area contributed by atoms with Gasteiger partial charge < -0.3 is 20.6 Å². The van der Waals surface area contributed by atoms with E-state index in [4.69, 9.17) is 0 Å². The quantitative estimate of drug-likeness (QED) is 0.413. The van der Waals surface area contributed by atoms with Gasteiger partial charge in [0.15, 0.2) is 0 Å². The highest BCUT2D eigenvalue weighted by atomic mass is 19.1. The molecular formula is C27H36F2N4O3. The summed E-state index contributed by atoms with van der Waals surface area (Å²) in [6.07, 6.45) is -0.0291. The van der Waals surface area contributed by atoms with Crippen LogP contribution in [0.3, 0.4) is 0 Å². The van der Waals surface area contributed by atoms with Gasteiger partial charge in [-0.1, -0.05) is 31.2 Å². The van der Waals surface area contributed by atoms with Gasteiger partial charge in [0, 0.05) is 38.8 Å². The van der Waals surface area contributed by atoms with E-state index >= 15 is 0 Å². The van der Waals surface area contributed by atoms with Gasteiger partial charge in [0.25, 0.3) is 0 Å². The lowest BCUT2D eigenvalue weighted by Crippen LogP contribution is -2.55. The lowest BCUT2D eigenvalue weighted by atomic mass is 10.0.